The Labute approximate surface area is 158 Å². The van der Waals surface area contributed by atoms with Crippen molar-refractivity contribution in [2.75, 3.05) is 0 Å². The summed E-state index contributed by atoms with van der Waals surface area (Å²) < 4.78 is 0. The lowest BCUT2D eigenvalue weighted by atomic mass is 9.75. The highest BCUT2D eigenvalue weighted by Crippen LogP contribution is 2.34. The van der Waals surface area contributed by atoms with E-state index in [0.29, 0.717) is 35.4 Å². The number of aromatic nitrogens is 1. The summed E-state index contributed by atoms with van der Waals surface area (Å²) in [6.45, 7) is 2.10. The first kappa shape index (κ1) is 18.9. The van der Waals surface area contributed by atoms with Gasteiger partial charge in [-0.3, -0.25) is 9.59 Å². The smallest absolute Gasteiger partial charge is 0.329 e. The quantitative estimate of drug-likeness (QED) is 0.681. The van der Waals surface area contributed by atoms with Gasteiger partial charge >= 0.3 is 5.97 Å². The first-order valence-electron chi connectivity index (χ1n) is 9.28. The van der Waals surface area contributed by atoms with Crippen molar-refractivity contribution in [1.82, 2.24) is 10.3 Å². The maximum absolute atomic E-state index is 12.6. The second kappa shape index (κ2) is 7.78. The number of carboxylic acids is 1. The number of ketones is 1. The molecule has 27 heavy (non-hydrogen) atoms. The molecule has 142 valence electrons. The summed E-state index contributed by atoms with van der Waals surface area (Å²) in [6.07, 6.45) is 6.80. The Balaban J connectivity index is 1.71. The molecule has 1 aromatic carbocycles. The molecule has 0 unspecified atom stereocenters. The third-order valence-electron chi connectivity index (χ3n) is 5.57. The molecule has 1 aromatic heterocycles. The van der Waals surface area contributed by atoms with Crippen molar-refractivity contribution in [2.45, 2.75) is 44.6 Å². The van der Waals surface area contributed by atoms with E-state index >= 15 is 0 Å². The molecule has 6 heteroatoms. The van der Waals surface area contributed by atoms with Gasteiger partial charge < -0.3 is 15.4 Å². The van der Waals surface area contributed by atoms with Crippen molar-refractivity contribution in [3.05, 3.63) is 59.4 Å². The van der Waals surface area contributed by atoms with E-state index in [4.69, 9.17) is 0 Å². The number of aromatic amines is 1. The number of carbonyl (C=O) groups is 3. The van der Waals surface area contributed by atoms with Gasteiger partial charge in [-0.2, -0.15) is 0 Å². The molecule has 0 atom stereocenters. The first-order valence-corrected chi connectivity index (χ1v) is 9.28. The summed E-state index contributed by atoms with van der Waals surface area (Å²) in [4.78, 5) is 39.6. The Hall–Kier alpha value is -2.89. The van der Waals surface area contributed by atoms with Crippen LogP contribution in [0.3, 0.4) is 0 Å². The third-order valence-corrected chi connectivity index (χ3v) is 5.57. The van der Waals surface area contributed by atoms with Gasteiger partial charge in [0.05, 0.1) is 0 Å². The molecular formula is C21H24N2O4. The highest BCUT2D eigenvalue weighted by Gasteiger charge is 2.43. The van der Waals surface area contributed by atoms with E-state index in [0.717, 1.165) is 19.3 Å². The lowest BCUT2D eigenvalue weighted by Gasteiger charge is -2.37. The lowest BCUT2D eigenvalue weighted by molar-refractivity contribution is -0.146. The Morgan fingerprint density at radius 2 is 1.70 bits per heavy atom. The third kappa shape index (κ3) is 3.94. The summed E-state index contributed by atoms with van der Waals surface area (Å²) in [5.41, 5.74) is 0.161. The van der Waals surface area contributed by atoms with Crippen LogP contribution in [0.5, 0.6) is 0 Å². The van der Waals surface area contributed by atoms with E-state index in [2.05, 4.69) is 17.2 Å². The Kier molecular flexibility index (Phi) is 5.44. The van der Waals surface area contributed by atoms with E-state index in [1.807, 2.05) is 0 Å². The molecule has 1 fully saturated rings. The predicted octanol–water partition coefficient (Wildman–Crippen LogP) is 3.40. The van der Waals surface area contributed by atoms with Crippen LogP contribution in [0.25, 0.3) is 0 Å². The molecule has 0 saturated heterocycles. The normalized spacial score (nSPS) is 22.2. The standard InChI is InChI=1S/C21H24N2O4/c1-2-14-7-10-21(11-8-14,20(26)27)23-19(25)16-5-3-15(4-6-16)18(24)17-9-12-22-13-17/h3-6,9,12-14,22H,2,7-8,10-11H2,1H3,(H,23,25)(H,26,27). The molecule has 1 aliphatic rings. The van der Waals surface area contributed by atoms with Gasteiger partial charge in [-0.25, -0.2) is 4.79 Å². The van der Waals surface area contributed by atoms with Gasteiger partial charge in [0.25, 0.3) is 5.91 Å². The Morgan fingerprint density at radius 3 is 2.22 bits per heavy atom. The van der Waals surface area contributed by atoms with Crippen molar-refractivity contribution in [1.29, 1.82) is 0 Å². The second-order valence-electron chi connectivity index (χ2n) is 7.20. The fourth-order valence-electron chi connectivity index (χ4n) is 3.67. The fraction of sp³-hybridized carbons (Fsp3) is 0.381. The summed E-state index contributed by atoms with van der Waals surface area (Å²) in [7, 11) is 0. The number of amides is 1. The molecule has 3 rings (SSSR count). The average molecular weight is 368 g/mol. The van der Waals surface area contributed by atoms with E-state index < -0.39 is 17.4 Å². The highest BCUT2D eigenvalue weighted by molar-refractivity contribution is 6.09. The van der Waals surface area contributed by atoms with Crippen LogP contribution in [0.15, 0.2) is 42.7 Å². The van der Waals surface area contributed by atoms with Gasteiger partial charge in [-0.15, -0.1) is 0 Å². The molecule has 1 amide bonds. The summed E-state index contributed by atoms with van der Waals surface area (Å²) in [5, 5.41) is 12.4. The molecule has 3 N–H and O–H groups in total. The van der Waals surface area contributed by atoms with Crippen molar-refractivity contribution < 1.29 is 19.5 Å². The van der Waals surface area contributed by atoms with Crippen molar-refractivity contribution in [3.8, 4) is 0 Å². The van der Waals surface area contributed by atoms with Crippen LogP contribution in [0.2, 0.25) is 0 Å². The number of aliphatic carboxylic acids is 1. The zero-order valence-electron chi connectivity index (χ0n) is 15.3. The van der Waals surface area contributed by atoms with E-state index in [1.54, 1.807) is 42.7 Å². The van der Waals surface area contributed by atoms with Crippen molar-refractivity contribution >= 4 is 17.7 Å². The van der Waals surface area contributed by atoms with E-state index in [-0.39, 0.29) is 5.78 Å². The number of hydrogen-bond acceptors (Lipinski definition) is 3. The van der Waals surface area contributed by atoms with Gasteiger partial charge in [0, 0.05) is 29.1 Å². The number of benzene rings is 1. The van der Waals surface area contributed by atoms with Crippen molar-refractivity contribution in [2.24, 2.45) is 5.92 Å². The molecule has 6 nitrogen and oxygen atoms in total. The number of carboxylic acid groups (broad SMARTS) is 1. The molecular weight excluding hydrogens is 344 g/mol. The maximum Gasteiger partial charge on any atom is 0.329 e. The summed E-state index contributed by atoms with van der Waals surface area (Å²) in [5.74, 6) is -1.02. The molecule has 1 heterocycles. The van der Waals surface area contributed by atoms with Gasteiger partial charge in [0.2, 0.25) is 0 Å². The van der Waals surface area contributed by atoms with Gasteiger partial charge in [-0.1, -0.05) is 25.5 Å². The molecule has 0 spiro atoms. The number of H-pyrrole nitrogens is 1. The molecule has 1 saturated carbocycles. The van der Waals surface area contributed by atoms with Crippen LogP contribution in [-0.4, -0.2) is 33.3 Å². The van der Waals surface area contributed by atoms with Gasteiger partial charge in [0.15, 0.2) is 5.78 Å². The van der Waals surface area contributed by atoms with Crippen LogP contribution >= 0.6 is 0 Å². The van der Waals surface area contributed by atoms with Crippen LogP contribution < -0.4 is 5.32 Å². The number of carbonyl (C=O) groups excluding carboxylic acids is 2. The second-order valence-corrected chi connectivity index (χ2v) is 7.20. The molecule has 0 radical (unpaired) electrons. The highest BCUT2D eigenvalue weighted by atomic mass is 16.4. The fourth-order valence-corrected chi connectivity index (χ4v) is 3.67. The first-order chi connectivity index (χ1) is 12.9. The van der Waals surface area contributed by atoms with Gasteiger partial charge in [0.1, 0.15) is 5.54 Å². The largest absolute Gasteiger partial charge is 0.480 e. The minimum atomic E-state index is -1.21. The Bertz CT molecular complexity index is 816. The predicted molar refractivity (Wildman–Crippen MR) is 101 cm³/mol. The van der Waals surface area contributed by atoms with Crippen LogP contribution in [0, 0.1) is 5.92 Å². The SMILES string of the molecule is CCC1CCC(NC(=O)c2ccc(C(=O)c3cc[nH]c3)cc2)(C(=O)O)CC1. The molecule has 2 aromatic rings. The topological polar surface area (TPSA) is 99.3 Å². The number of hydrogen-bond donors (Lipinski definition) is 3. The van der Waals surface area contributed by atoms with Crippen LogP contribution in [0.1, 0.15) is 65.3 Å². The zero-order valence-corrected chi connectivity index (χ0v) is 15.3. The molecule has 0 bridgehead atoms. The average Bonchev–Trinajstić information content (AvgIpc) is 3.22. The van der Waals surface area contributed by atoms with E-state index in [1.165, 1.54) is 0 Å². The number of rotatable bonds is 6. The molecule has 1 aliphatic carbocycles. The summed E-state index contributed by atoms with van der Waals surface area (Å²) in [6, 6.07) is 7.98. The monoisotopic (exact) mass is 368 g/mol. The molecule has 0 aliphatic heterocycles. The van der Waals surface area contributed by atoms with Crippen LogP contribution in [-0.2, 0) is 4.79 Å². The summed E-state index contributed by atoms with van der Waals surface area (Å²) >= 11 is 0. The minimum Gasteiger partial charge on any atom is -0.480 e. The van der Waals surface area contributed by atoms with Crippen molar-refractivity contribution in [3.63, 3.8) is 0 Å². The zero-order chi connectivity index (χ0) is 19.4. The van der Waals surface area contributed by atoms with Crippen LogP contribution in [0.4, 0.5) is 0 Å². The lowest BCUT2D eigenvalue weighted by Crippen LogP contribution is -2.56. The minimum absolute atomic E-state index is 0.136. The Morgan fingerprint density at radius 1 is 1.07 bits per heavy atom. The maximum atomic E-state index is 12.6. The number of nitrogens with one attached hydrogen (secondary N) is 2. The van der Waals surface area contributed by atoms with E-state index in [9.17, 15) is 19.5 Å². The van der Waals surface area contributed by atoms with Gasteiger partial charge in [-0.05, 0) is 49.8 Å².